The van der Waals surface area contributed by atoms with Crippen molar-refractivity contribution < 1.29 is 22.8 Å². The molecule has 9 heteroatoms. The Morgan fingerprint density at radius 2 is 1.66 bits per heavy atom. The van der Waals surface area contributed by atoms with E-state index in [1.54, 1.807) is 28.8 Å². The summed E-state index contributed by atoms with van der Waals surface area (Å²) in [5.41, 5.74) is 0.829. The van der Waals surface area contributed by atoms with E-state index in [1.807, 2.05) is 0 Å². The Hall–Kier alpha value is -2.58. The molecule has 0 aromatic carbocycles. The fraction of sp³-hybridized carbons (Fsp3) is 0.654. The first-order valence-electron chi connectivity index (χ1n) is 12.8. The number of aromatic nitrogens is 2. The number of pyridine rings is 1. The third kappa shape index (κ3) is 4.31. The fourth-order valence-corrected chi connectivity index (χ4v) is 7.82. The zero-order valence-electron chi connectivity index (χ0n) is 19.7. The van der Waals surface area contributed by atoms with Crippen LogP contribution in [0.1, 0.15) is 68.3 Å². The molecule has 2 amide bonds. The summed E-state index contributed by atoms with van der Waals surface area (Å²) in [6, 6.07) is 5.32. The highest BCUT2D eigenvalue weighted by Crippen LogP contribution is 2.61. The normalized spacial score (nSPS) is 30.7. The quantitative estimate of drug-likeness (QED) is 0.636. The molecule has 0 radical (unpaired) electrons. The SMILES string of the molecule is O=C(CC12CC3CC(CC(C3)C1)C2)Nc1cccc2nc(C(=O)N3CCC(C(F)(F)F)CC3)cn12. The number of halogens is 3. The number of imidazole rings is 1. The van der Waals surface area contributed by atoms with Crippen molar-refractivity contribution in [1.82, 2.24) is 14.3 Å². The number of fused-ring (bicyclic) bond motifs is 1. The molecule has 5 aliphatic rings. The molecule has 7 rings (SSSR count). The van der Waals surface area contributed by atoms with Crippen LogP contribution in [0.2, 0.25) is 0 Å². The van der Waals surface area contributed by atoms with E-state index in [9.17, 15) is 22.8 Å². The van der Waals surface area contributed by atoms with Gasteiger partial charge in [0.25, 0.3) is 5.91 Å². The summed E-state index contributed by atoms with van der Waals surface area (Å²) in [4.78, 5) is 31.9. The molecule has 5 fully saturated rings. The molecule has 4 saturated carbocycles. The van der Waals surface area contributed by atoms with Gasteiger partial charge in [0.05, 0.1) is 5.92 Å². The molecule has 2 aromatic rings. The van der Waals surface area contributed by atoms with Crippen molar-refractivity contribution in [2.45, 2.75) is 64.0 Å². The maximum Gasteiger partial charge on any atom is 0.391 e. The van der Waals surface area contributed by atoms with Gasteiger partial charge in [-0.3, -0.25) is 14.0 Å². The third-order valence-electron chi connectivity index (χ3n) is 8.92. The Morgan fingerprint density at radius 1 is 1.03 bits per heavy atom. The van der Waals surface area contributed by atoms with Crippen molar-refractivity contribution >= 4 is 23.3 Å². The summed E-state index contributed by atoms with van der Waals surface area (Å²) in [7, 11) is 0. The zero-order valence-corrected chi connectivity index (χ0v) is 19.7. The molecular weight excluding hydrogens is 457 g/mol. The average Bonchev–Trinajstić information content (AvgIpc) is 3.22. The molecule has 4 aliphatic carbocycles. The maximum absolute atomic E-state index is 13.1. The van der Waals surface area contributed by atoms with Gasteiger partial charge in [0.15, 0.2) is 0 Å². The van der Waals surface area contributed by atoms with Gasteiger partial charge in [-0.2, -0.15) is 13.2 Å². The summed E-state index contributed by atoms with van der Waals surface area (Å²) >= 11 is 0. The molecule has 1 aliphatic heterocycles. The molecule has 0 spiro atoms. The van der Waals surface area contributed by atoms with Gasteiger partial charge in [0.1, 0.15) is 17.2 Å². The number of likely N-dealkylation sites (tertiary alicyclic amines) is 1. The number of carbonyl (C=O) groups excluding carboxylic acids is 2. The van der Waals surface area contributed by atoms with Crippen LogP contribution >= 0.6 is 0 Å². The first-order valence-corrected chi connectivity index (χ1v) is 12.8. The summed E-state index contributed by atoms with van der Waals surface area (Å²) in [5.74, 6) is 1.15. The molecule has 6 nitrogen and oxygen atoms in total. The molecule has 3 heterocycles. The Kier molecular flexibility index (Phi) is 5.38. The predicted octanol–water partition coefficient (Wildman–Crippen LogP) is 5.29. The fourth-order valence-electron chi connectivity index (χ4n) is 7.82. The second-order valence-electron chi connectivity index (χ2n) is 11.5. The molecule has 1 saturated heterocycles. The minimum atomic E-state index is -4.22. The van der Waals surface area contributed by atoms with Crippen LogP contribution in [0.5, 0.6) is 0 Å². The molecule has 1 N–H and O–H groups in total. The predicted molar refractivity (Wildman–Crippen MR) is 124 cm³/mol. The van der Waals surface area contributed by atoms with E-state index in [-0.39, 0.29) is 48.9 Å². The van der Waals surface area contributed by atoms with Crippen molar-refractivity contribution in [1.29, 1.82) is 0 Å². The summed E-state index contributed by atoms with van der Waals surface area (Å²) in [6.07, 6.45) is 5.18. The number of anilines is 1. The van der Waals surface area contributed by atoms with Crippen LogP contribution in [0.4, 0.5) is 19.0 Å². The number of rotatable bonds is 4. The lowest BCUT2D eigenvalue weighted by Gasteiger charge is -2.56. The molecule has 188 valence electrons. The number of hydrogen-bond acceptors (Lipinski definition) is 3. The lowest BCUT2D eigenvalue weighted by molar-refractivity contribution is -0.183. The molecule has 4 bridgehead atoms. The van der Waals surface area contributed by atoms with Gasteiger partial charge in [-0.15, -0.1) is 0 Å². The van der Waals surface area contributed by atoms with Gasteiger partial charge in [-0.25, -0.2) is 4.98 Å². The van der Waals surface area contributed by atoms with E-state index in [1.165, 1.54) is 24.2 Å². The average molecular weight is 489 g/mol. The van der Waals surface area contributed by atoms with Crippen molar-refractivity contribution in [3.63, 3.8) is 0 Å². The lowest BCUT2D eigenvalue weighted by Crippen LogP contribution is -2.47. The van der Waals surface area contributed by atoms with Crippen LogP contribution in [0.25, 0.3) is 5.65 Å². The van der Waals surface area contributed by atoms with Gasteiger partial charge < -0.3 is 10.2 Å². The lowest BCUT2D eigenvalue weighted by atomic mass is 9.49. The van der Waals surface area contributed by atoms with Gasteiger partial charge in [0.2, 0.25) is 5.91 Å². The van der Waals surface area contributed by atoms with Crippen LogP contribution in [0.3, 0.4) is 0 Å². The van der Waals surface area contributed by atoms with Crippen molar-refractivity contribution in [3.8, 4) is 0 Å². The minimum Gasteiger partial charge on any atom is -0.337 e. The molecule has 2 aromatic heterocycles. The molecule has 0 atom stereocenters. The Morgan fingerprint density at radius 3 is 2.26 bits per heavy atom. The van der Waals surface area contributed by atoms with Crippen LogP contribution < -0.4 is 5.32 Å². The second-order valence-corrected chi connectivity index (χ2v) is 11.5. The number of amides is 2. The molecule has 0 unspecified atom stereocenters. The van der Waals surface area contributed by atoms with Crippen LogP contribution in [0, 0.1) is 29.1 Å². The van der Waals surface area contributed by atoms with E-state index in [2.05, 4.69) is 10.3 Å². The van der Waals surface area contributed by atoms with Crippen molar-refractivity contribution in [2.75, 3.05) is 18.4 Å². The highest BCUT2D eigenvalue weighted by atomic mass is 19.4. The van der Waals surface area contributed by atoms with Crippen LogP contribution in [-0.2, 0) is 4.79 Å². The van der Waals surface area contributed by atoms with Crippen molar-refractivity contribution in [3.05, 3.63) is 30.1 Å². The zero-order chi connectivity index (χ0) is 24.4. The van der Waals surface area contributed by atoms with E-state index >= 15 is 0 Å². The summed E-state index contributed by atoms with van der Waals surface area (Å²) < 4.78 is 40.6. The Labute approximate surface area is 202 Å². The first kappa shape index (κ1) is 22.9. The number of carbonyl (C=O) groups is 2. The largest absolute Gasteiger partial charge is 0.391 e. The molecular formula is C26H31F3N4O2. The summed E-state index contributed by atoms with van der Waals surface area (Å²) in [6.45, 7) is 0.122. The summed E-state index contributed by atoms with van der Waals surface area (Å²) in [5, 5.41) is 3.05. The Bertz CT molecular complexity index is 1110. The van der Waals surface area contributed by atoms with Crippen LogP contribution in [-0.4, -0.2) is 45.4 Å². The second kappa shape index (κ2) is 8.23. The van der Waals surface area contributed by atoms with Gasteiger partial charge in [0, 0.05) is 25.7 Å². The number of piperidine rings is 1. The minimum absolute atomic E-state index is 0.00440. The van der Waals surface area contributed by atoms with Crippen LogP contribution in [0.15, 0.2) is 24.4 Å². The molecule has 35 heavy (non-hydrogen) atoms. The van der Waals surface area contributed by atoms with Crippen molar-refractivity contribution in [2.24, 2.45) is 29.1 Å². The van der Waals surface area contributed by atoms with Gasteiger partial charge in [-0.1, -0.05) is 6.07 Å². The Balaban J connectivity index is 1.15. The highest BCUT2D eigenvalue weighted by molar-refractivity contribution is 5.94. The van der Waals surface area contributed by atoms with E-state index in [4.69, 9.17) is 0 Å². The van der Waals surface area contributed by atoms with E-state index in [0.717, 1.165) is 37.0 Å². The first-order chi connectivity index (χ1) is 16.7. The topological polar surface area (TPSA) is 66.7 Å². The van der Waals surface area contributed by atoms with E-state index < -0.39 is 12.1 Å². The monoisotopic (exact) mass is 488 g/mol. The third-order valence-corrected chi connectivity index (χ3v) is 8.92. The number of hydrogen-bond donors (Lipinski definition) is 1. The number of nitrogens with zero attached hydrogens (tertiary/aromatic N) is 3. The highest BCUT2D eigenvalue weighted by Gasteiger charge is 2.51. The number of alkyl halides is 3. The number of nitrogens with one attached hydrogen (secondary N) is 1. The van der Waals surface area contributed by atoms with Gasteiger partial charge in [-0.05, 0) is 86.7 Å². The van der Waals surface area contributed by atoms with E-state index in [0.29, 0.717) is 17.9 Å². The van der Waals surface area contributed by atoms with Gasteiger partial charge >= 0.3 is 6.18 Å². The standard InChI is InChI=1S/C26H31F3N4O2/c27-26(28,29)19-4-6-32(7-5-19)24(35)20-15-33-21(30-20)2-1-3-22(33)31-23(34)14-25-11-16-8-17(12-25)10-18(9-16)13-25/h1-3,15-19H,4-14H2,(H,31,34). The maximum atomic E-state index is 13.1. The smallest absolute Gasteiger partial charge is 0.337 e.